The number of hydrogen-bond donors (Lipinski definition) is 1. The van der Waals surface area contributed by atoms with Crippen LogP contribution in [0.5, 0.6) is 5.75 Å². The van der Waals surface area contributed by atoms with E-state index < -0.39 is 23.2 Å². The Hall–Kier alpha value is -2.96. The van der Waals surface area contributed by atoms with Crippen LogP contribution in [0.15, 0.2) is 42.5 Å². The maximum atomic E-state index is 14.4. The first-order chi connectivity index (χ1) is 13.7. The first-order valence-electron chi connectivity index (χ1n) is 9.37. The van der Waals surface area contributed by atoms with Gasteiger partial charge in [0.1, 0.15) is 17.4 Å². The van der Waals surface area contributed by atoms with Crippen molar-refractivity contribution in [2.24, 2.45) is 5.41 Å². The maximum absolute atomic E-state index is 14.4. The van der Waals surface area contributed by atoms with Gasteiger partial charge >= 0.3 is 6.16 Å². The molecule has 154 valence electrons. The molecule has 1 saturated carbocycles. The average Bonchev–Trinajstić information content (AvgIpc) is 3.22. The molecule has 1 atom stereocenters. The Kier molecular flexibility index (Phi) is 5.59. The molecule has 2 aromatic carbocycles. The van der Waals surface area contributed by atoms with Crippen LogP contribution < -0.4 is 10.1 Å². The minimum Gasteiger partial charge on any atom is -0.434 e. The lowest BCUT2D eigenvalue weighted by atomic mass is 9.87. The molecule has 1 amide bonds. The zero-order valence-corrected chi connectivity index (χ0v) is 16.6. The number of carbonyl (C=O) groups excluding carboxylic acids is 2. The molecule has 1 aliphatic carbocycles. The zero-order valence-electron chi connectivity index (χ0n) is 16.6. The van der Waals surface area contributed by atoms with Crippen LogP contribution in [0.2, 0.25) is 0 Å². The summed E-state index contributed by atoms with van der Waals surface area (Å²) in [6, 6.07) is 9.58. The summed E-state index contributed by atoms with van der Waals surface area (Å²) < 4.78 is 37.3. The van der Waals surface area contributed by atoms with Crippen molar-refractivity contribution in [3.63, 3.8) is 0 Å². The number of amides is 1. The molecule has 0 saturated heterocycles. The minimum absolute atomic E-state index is 0.200. The molecule has 0 aromatic heterocycles. The lowest BCUT2D eigenvalue weighted by Crippen LogP contribution is -2.35. The summed E-state index contributed by atoms with van der Waals surface area (Å²) in [4.78, 5) is 23.9. The highest BCUT2D eigenvalue weighted by Crippen LogP contribution is 2.64. The molecule has 29 heavy (non-hydrogen) atoms. The third-order valence-electron chi connectivity index (χ3n) is 5.49. The molecule has 1 unspecified atom stereocenters. The number of carbonyl (C=O) groups is 2. The fraction of sp³-hybridized carbons (Fsp3) is 0.364. The molecule has 1 N–H and O–H groups in total. The SMILES string of the molecule is CCOC(=O)Oc1ccc(C(=O)NCC2(c3ccc(F)cc3F)CC2(C)C)cc1. The molecule has 3 rings (SSSR count). The van der Waals surface area contributed by atoms with Crippen LogP contribution >= 0.6 is 0 Å². The standard InChI is InChI=1S/C22H23F2NO4/c1-4-28-20(27)29-16-8-5-14(6-9-16)19(26)25-13-22(12-21(22,2)3)17-10-7-15(23)11-18(17)24/h5-11H,4,12-13H2,1-3H3,(H,25,26). The van der Waals surface area contributed by atoms with Crippen molar-refractivity contribution in [2.75, 3.05) is 13.2 Å². The fourth-order valence-electron chi connectivity index (χ4n) is 3.70. The molecular weight excluding hydrogens is 380 g/mol. The van der Waals surface area contributed by atoms with Crippen molar-refractivity contribution in [3.05, 3.63) is 65.2 Å². The Labute approximate surface area is 168 Å². The largest absolute Gasteiger partial charge is 0.513 e. The number of ether oxygens (including phenoxy) is 2. The van der Waals surface area contributed by atoms with Gasteiger partial charge in [0, 0.05) is 23.6 Å². The van der Waals surface area contributed by atoms with Crippen molar-refractivity contribution in [2.45, 2.75) is 32.6 Å². The van der Waals surface area contributed by atoms with Gasteiger partial charge in [-0.1, -0.05) is 19.9 Å². The van der Waals surface area contributed by atoms with E-state index in [1.54, 1.807) is 6.92 Å². The van der Waals surface area contributed by atoms with E-state index in [-0.39, 0.29) is 30.2 Å². The summed E-state index contributed by atoms with van der Waals surface area (Å²) >= 11 is 0. The monoisotopic (exact) mass is 403 g/mol. The van der Waals surface area contributed by atoms with Gasteiger partial charge in [-0.3, -0.25) is 4.79 Å². The summed E-state index contributed by atoms with van der Waals surface area (Å²) in [5, 5.41) is 2.85. The molecule has 0 heterocycles. The first kappa shape index (κ1) is 20.8. The minimum atomic E-state index is -0.816. The Balaban J connectivity index is 1.68. The number of nitrogens with one attached hydrogen (secondary N) is 1. The summed E-state index contributed by atoms with van der Waals surface area (Å²) in [6.45, 7) is 6.07. The molecule has 0 radical (unpaired) electrons. The van der Waals surface area contributed by atoms with Crippen LogP contribution in [0.4, 0.5) is 13.6 Å². The average molecular weight is 403 g/mol. The van der Waals surface area contributed by atoms with Crippen molar-refractivity contribution in [1.82, 2.24) is 5.32 Å². The van der Waals surface area contributed by atoms with E-state index in [1.807, 2.05) is 13.8 Å². The smallest absolute Gasteiger partial charge is 0.434 e. The van der Waals surface area contributed by atoms with E-state index in [2.05, 4.69) is 5.32 Å². The van der Waals surface area contributed by atoms with Crippen LogP contribution in [-0.2, 0) is 10.2 Å². The summed E-state index contributed by atoms with van der Waals surface area (Å²) in [7, 11) is 0. The highest BCUT2D eigenvalue weighted by atomic mass is 19.1. The van der Waals surface area contributed by atoms with Gasteiger partial charge in [0.05, 0.1) is 6.61 Å². The van der Waals surface area contributed by atoms with Crippen molar-refractivity contribution >= 4 is 12.1 Å². The highest BCUT2D eigenvalue weighted by Gasteiger charge is 2.62. The van der Waals surface area contributed by atoms with Crippen molar-refractivity contribution in [1.29, 1.82) is 0 Å². The van der Waals surface area contributed by atoms with E-state index in [9.17, 15) is 18.4 Å². The van der Waals surface area contributed by atoms with Gasteiger partial charge in [0.25, 0.3) is 5.91 Å². The molecule has 0 spiro atoms. The fourth-order valence-corrected chi connectivity index (χ4v) is 3.70. The topological polar surface area (TPSA) is 64.6 Å². The van der Waals surface area contributed by atoms with Gasteiger partial charge in [0.15, 0.2) is 0 Å². The molecule has 0 aliphatic heterocycles. The number of rotatable bonds is 6. The highest BCUT2D eigenvalue weighted by molar-refractivity contribution is 5.94. The van der Waals surface area contributed by atoms with E-state index >= 15 is 0 Å². The number of halogens is 2. The molecule has 2 aromatic rings. The molecule has 7 heteroatoms. The van der Waals surface area contributed by atoms with Crippen LogP contribution in [0, 0.1) is 17.0 Å². The predicted octanol–water partition coefficient (Wildman–Crippen LogP) is 4.60. The van der Waals surface area contributed by atoms with E-state index in [0.717, 1.165) is 6.07 Å². The molecule has 5 nitrogen and oxygen atoms in total. The Morgan fingerprint density at radius 2 is 1.76 bits per heavy atom. The Bertz CT molecular complexity index is 927. The van der Waals surface area contributed by atoms with Gasteiger partial charge in [-0.15, -0.1) is 0 Å². The van der Waals surface area contributed by atoms with E-state index in [4.69, 9.17) is 9.47 Å². The molecule has 1 aliphatic rings. The first-order valence-corrected chi connectivity index (χ1v) is 9.37. The summed E-state index contributed by atoms with van der Waals surface area (Å²) in [6.07, 6.45) is -0.140. The number of benzene rings is 2. The van der Waals surface area contributed by atoms with Crippen molar-refractivity contribution < 1.29 is 27.8 Å². The lowest BCUT2D eigenvalue weighted by molar-refractivity contribution is 0.0947. The van der Waals surface area contributed by atoms with Gasteiger partial charge in [0.2, 0.25) is 0 Å². The molecule has 1 fully saturated rings. The second kappa shape index (κ2) is 7.81. The zero-order chi connectivity index (χ0) is 21.2. The summed E-state index contributed by atoms with van der Waals surface area (Å²) in [5.74, 6) is -1.32. The van der Waals surface area contributed by atoms with Crippen LogP contribution in [0.25, 0.3) is 0 Å². The molecular formula is C22H23F2NO4. The van der Waals surface area contributed by atoms with Crippen LogP contribution in [-0.4, -0.2) is 25.2 Å². The maximum Gasteiger partial charge on any atom is 0.513 e. The molecule has 0 bridgehead atoms. The van der Waals surface area contributed by atoms with Gasteiger partial charge < -0.3 is 14.8 Å². The third-order valence-corrected chi connectivity index (χ3v) is 5.49. The Morgan fingerprint density at radius 3 is 2.31 bits per heavy atom. The quantitative estimate of drug-likeness (QED) is 0.566. The number of hydrogen-bond acceptors (Lipinski definition) is 4. The van der Waals surface area contributed by atoms with Gasteiger partial charge in [-0.05, 0) is 54.7 Å². The van der Waals surface area contributed by atoms with Gasteiger partial charge in [-0.2, -0.15) is 0 Å². The lowest BCUT2D eigenvalue weighted by Gasteiger charge is -2.22. The Morgan fingerprint density at radius 1 is 1.10 bits per heavy atom. The van der Waals surface area contributed by atoms with Crippen molar-refractivity contribution in [3.8, 4) is 5.75 Å². The van der Waals surface area contributed by atoms with E-state index in [1.165, 1.54) is 36.4 Å². The second-order valence-corrected chi connectivity index (χ2v) is 7.76. The van der Waals surface area contributed by atoms with Crippen LogP contribution in [0.1, 0.15) is 43.1 Å². The predicted molar refractivity (Wildman–Crippen MR) is 103 cm³/mol. The van der Waals surface area contributed by atoms with Gasteiger partial charge in [-0.25, -0.2) is 13.6 Å². The van der Waals surface area contributed by atoms with E-state index in [0.29, 0.717) is 17.5 Å². The third kappa shape index (κ3) is 4.23. The summed E-state index contributed by atoms with van der Waals surface area (Å²) in [5.41, 5.74) is -0.0410. The van der Waals surface area contributed by atoms with Crippen LogP contribution in [0.3, 0.4) is 0 Å². The second-order valence-electron chi connectivity index (χ2n) is 7.76. The normalized spacial score (nSPS) is 19.3.